The highest BCUT2D eigenvalue weighted by molar-refractivity contribution is 5.05. The molecule has 17 heavy (non-hydrogen) atoms. The molecule has 0 amide bonds. The van der Waals surface area contributed by atoms with Crippen LogP contribution in [0.3, 0.4) is 0 Å². The van der Waals surface area contributed by atoms with Gasteiger partial charge in [-0.2, -0.15) is 0 Å². The molecule has 1 aliphatic heterocycles. The Bertz CT molecular complexity index is 422. The van der Waals surface area contributed by atoms with Crippen LogP contribution in [0, 0.1) is 5.92 Å². The third kappa shape index (κ3) is 3.38. The number of hydrogen-bond acceptors (Lipinski definition) is 4. The van der Waals surface area contributed by atoms with E-state index in [1.54, 1.807) is 6.07 Å². The molecule has 1 N–H and O–H groups in total. The highest BCUT2D eigenvalue weighted by atomic mass is 16.6. The standard InChI is InChI=1S/C12H18N2O3/c1-8(2)5-9-6-11(15)14-12(13-9)10-7-16-3-4-17-10/h6,8,10H,3-5,7H2,1-2H3,(H,13,14,15). The van der Waals surface area contributed by atoms with E-state index in [2.05, 4.69) is 23.8 Å². The number of rotatable bonds is 3. The van der Waals surface area contributed by atoms with Crippen molar-refractivity contribution in [2.45, 2.75) is 26.4 Å². The molecule has 0 spiro atoms. The summed E-state index contributed by atoms with van der Waals surface area (Å²) in [4.78, 5) is 18.7. The van der Waals surface area contributed by atoms with E-state index >= 15 is 0 Å². The fourth-order valence-electron chi connectivity index (χ4n) is 1.85. The van der Waals surface area contributed by atoms with Gasteiger partial charge in [-0.25, -0.2) is 4.98 Å². The van der Waals surface area contributed by atoms with Gasteiger partial charge in [-0.3, -0.25) is 4.79 Å². The van der Waals surface area contributed by atoms with Gasteiger partial charge in [0.25, 0.3) is 5.56 Å². The van der Waals surface area contributed by atoms with E-state index in [1.165, 1.54) is 0 Å². The van der Waals surface area contributed by atoms with Crippen molar-refractivity contribution in [2.75, 3.05) is 19.8 Å². The van der Waals surface area contributed by atoms with Crippen LogP contribution in [0.5, 0.6) is 0 Å². The summed E-state index contributed by atoms with van der Waals surface area (Å²) in [5, 5.41) is 0. The average molecular weight is 238 g/mol. The molecule has 0 aliphatic carbocycles. The molecule has 5 nitrogen and oxygen atoms in total. The van der Waals surface area contributed by atoms with Gasteiger partial charge in [0.1, 0.15) is 11.9 Å². The van der Waals surface area contributed by atoms with Crippen LogP contribution in [0.4, 0.5) is 0 Å². The summed E-state index contributed by atoms with van der Waals surface area (Å²) >= 11 is 0. The van der Waals surface area contributed by atoms with Gasteiger partial charge in [0.2, 0.25) is 0 Å². The molecule has 1 atom stereocenters. The van der Waals surface area contributed by atoms with E-state index in [9.17, 15) is 4.79 Å². The van der Waals surface area contributed by atoms with Crippen LogP contribution < -0.4 is 5.56 Å². The number of aromatic amines is 1. The second-order valence-corrected chi connectivity index (χ2v) is 4.65. The first-order valence-corrected chi connectivity index (χ1v) is 5.94. The second-order valence-electron chi connectivity index (χ2n) is 4.65. The van der Waals surface area contributed by atoms with Crippen LogP contribution in [0.2, 0.25) is 0 Å². The maximum atomic E-state index is 11.5. The van der Waals surface area contributed by atoms with Crippen LogP contribution in [-0.2, 0) is 15.9 Å². The maximum Gasteiger partial charge on any atom is 0.251 e. The van der Waals surface area contributed by atoms with E-state index in [-0.39, 0.29) is 11.7 Å². The molecule has 2 rings (SSSR count). The molecule has 1 saturated heterocycles. The zero-order valence-electron chi connectivity index (χ0n) is 10.2. The molecule has 1 aliphatic rings. The van der Waals surface area contributed by atoms with Gasteiger partial charge >= 0.3 is 0 Å². The van der Waals surface area contributed by atoms with E-state index in [1.807, 2.05) is 0 Å². The van der Waals surface area contributed by atoms with Gasteiger partial charge in [-0.1, -0.05) is 13.8 Å². The first-order chi connectivity index (χ1) is 8.15. The lowest BCUT2D eigenvalue weighted by Crippen LogP contribution is -2.26. The molecule has 1 aromatic heterocycles. The van der Waals surface area contributed by atoms with Gasteiger partial charge < -0.3 is 14.5 Å². The molecule has 94 valence electrons. The Morgan fingerprint density at radius 3 is 3.00 bits per heavy atom. The minimum atomic E-state index is -0.247. The normalized spacial score (nSPS) is 20.8. The zero-order valence-corrected chi connectivity index (χ0v) is 10.2. The van der Waals surface area contributed by atoms with E-state index < -0.39 is 0 Å². The molecule has 1 aromatic rings. The van der Waals surface area contributed by atoms with Gasteiger partial charge in [0.15, 0.2) is 0 Å². The van der Waals surface area contributed by atoms with Crippen LogP contribution in [-0.4, -0.2) is 29.8 Å². The molecule has 2 heterocycles. The van der Waals surface area contributed by atoms with Crippen molar-refractivity contribution >= 4 is 0 Å². The van der Waals surface area contributed by atoms with Gasteiger partial charge in [0, 0.05) is 11.8 Å². The second kappa shape index (κ2) is 5.42. The number of H-pyrrole nitrogens is 1. The zero-order chi connectivity index (χ0) is 12.3. The SMILES string of the molecule is CC(C)Cc1cc(=O)[nH]c(C2COCCO2)n1. The Balaban J connectivity index is 2.21. The summed E-state index contributed by atoms with van der Waals surface area (Å²) in [6, 6.07) is 1.55. The fraction of sp³-hybridized carbons (Fsp3) is 0.667. The summed E-state index contributed by atoms with van der Waals surface area (Å²) in [7, 11) is 0. The minimum absolute atomic E-state index is 0.125. The fourth-order valence-corrected chi connectivity index (χ4v) is 1.85. The molecule has 1 unspecified atom stereocenters. The lowest BCUT2D eigenvalue weighted by atomic mass is 10.1. The lowest BCUT2D eigenvalue weighted by Gasteiger charge is -2.22. The Morgan fingerprint density at radius 1 is 1.53 bits per heavy atom. The average Bonchev–Trinajstić information content (AvgIpc) is 2.28. The molecule has 0 radical (unpaired) electrons. The monoisotopic (exact) mass is 238 g/mol. The topological polar surface area (TPSA) is 64.2 Å². The number of ether oxygens (including phenoxy) is 2. The number of nitrogens with one attached hydrogen (secondary N) is 1. The molecule has 0 saturated carbocycles. The van der Waals surface area contributed by atoms with Crippen LogP contribution >= 0.6 is 0 Å². The number of nitrogens with zero attached hydrogens (tertiary/aromatic N) is 1. The Labute approximate surface area is 100 Å². The lowest BCUT2D eigenvalue weighted by molar-refractivity contribution is -0.0936. The van der Waals surface area contributed by atoms with E-state index in [0.717, 1.165) is 12.1 Å². The smallest absolute Gasteiger partial charge is 0.251 e. The van der Waals surface area contributed by atoms with Crippen molar-refractivity contribution in [3.8, 4) is 0 Å². The number of aromatic nitrogens is 2. The van der Waals surface area contributed by atoms with E-state index in [4.69, 9.17) is 9.47 Å². The molecular weight excluding hydrogens is 220 g/mol. The van der Waals surface area contributed by atoms with Crippen LogP contribution in [0.1, 0.15) is 31.5 Å². The van der Waals surface area contributed by atoms with Crippen molar-refractivity contribution in [1.29, 1.82) is 0 Å². The maximum absolute atomic E-state index is 11.5. The first kappa shape index (κ1) is 12.3. The Kier molecular flexibility index (Phi) is 3.91. The van der Waals surface area contributed by atoms with Gasteiger partial charge in [-0.05, 0) is 12.3 Å². The summed E-state index contributed by atoms with van der Waals surface area (Å²) in [5.74, 6) is 1.05. The molecule has 0 aromatic carbocycles. The molecule has 1 fully saturated rings. The van der Waals surface area contributed by atoms with Crippen molar-refractivity contribution in [3.63, 3.8) is 0 Å². The minimum Gasteiger partial charge on any atom is -0.376 e. The summed E-state index contributed by atoms with van der Waals surface area (Å²) in [6.45, 7) is 5.80. The summed E-state index contributed by atoms with van der Waals surface area (Å²) in [5.41, 5.74) is 0.688. The third-order valence-corrected chi connectivity index (χ3v) is 2.55. The summed E-state index contributed by atoms with van der Waals surface area (Å²) < 4.78 is 10.8. The summed E-state index contributed by atoms with van der Waals surface area (Å²) in [6.07, 6.45) is 0.549. The molecule has 5 heteroatoms. The largest absolute Gasteiger partial charge is 0.376 e. The Hall–Kier alpha value is -1.20. The predicted octanol–water partition coefficient (Wildman–Crippen LogP) is 1.06. The highest BCUT2D eigenvalue weighted by Gasteiger charge is 2.19. The van der Waals surface area contributed by atoms with Crippen molar-refractivity contribution in [2.24, 2.45) is 5.92 Å². The number of hydrogen-bond donors (Lipinski definition) is 1. The van der Waals surface area contributed by atoms with Gasteiger partial charge in [0.05, 0.1) is 19.8 Å². The van der Waals surface area contributed by atoms with Crippen molar-refractivity contribution in [3.05, 3.63) is 27.9 Å². The quantitative estimate of drug-likeness (QED) is 0.855. The highest BCUT2D eigenvalue weighted by Crippen LogP contribution is 2.16. The molecule has 0 bridgehead atoms. The van der Waals surface area contributed by atoms with Crippen molar-refractivity contribution < 1.29 is 9.47 Å². The first-order valence-electron chi connectivity index (χ1n) is 5.94. The third-order valence-electron chi connectivity index (χ3n) is 2.55. The van der Waals surface area contributed by atoms with Crippen LogP contribution in [0.15, 0.2) is 10.9 Å². The van der Waals surface area contributed by atoms with Crippen molar-refractivity contribution in [1.82, 2.24) is 9.97 Å². The predicted molar refractivity (Wildman–Crippen MR) is 62.9 cm³/mol. The Morgan fingerprint density at radius 2 is 2.35 bits per heavy atom. The molecular formula is C12H18N2O3. The van der Waals surface area contributed by atoms with Gasteiger partial charge in [-0.15, -0.1) is 0 Å². The van der Waals surface area contributed by atoms with E-state index in [0.29, 0.717) is 31.6 Å². The van der Waals surface area contributed by atoms with Crippen LogP contribution in [0.25, 0.3) is 0 Å².